The summed E-state index contributed by atoms with van der Waals surface area (Å²) in [6.45, 7) is 8.80. The van der Waals surface area contributed by atoms with Crippen LogP contribution >= 0.6 is 0 Å². The lowest BCUT2D eigenvalue weighted by atomic mass is 9.90. The molecular formula is C16H25NO2. The molecule has 0 aliphatic rings. The zero-order valence-corrected chi connectivity index (χ0v) is 12.4. The van der Waals surface area contributed by atoms with Gasteiger partial charge in [-0.3, -0.25) is 5.32 Å². The summed E-state index contributed by atoms with van der Waals surface area (Å²) in [6, 6.07) is 7.91. The van der Waals surface area contributed by atoms with Crippen molar-refractivity contribution in [2.45, 2.75) is 46.1 Å². The number of carboxylic acids is 1. The summed E-state index contributed by atoms with van der Waals surface area (Å²) in [4.78, 5) is 11.5. The van der Waals surface area contributed by atoms with Gasteiger partial charge in [0.25, 0.3) is 0 Å². The minimum atomic E-state index is -1.01. The van der Waals surface area contributed by atoms with E-state index >= 15 is 0 Å². The van der Waals surface area contributed by atoms with Crippen molar-refractivity contribution in [1.82, 2.24) is 5.32 Å². The van der Waals surface area contributed by atoms with Crippen molar-refractivity contribution in [1.29, 1.82) is 0 Å². The Morgan fingerprint density at radius 2 is 1.89 bits per heavy atom. The van der Waals surface area contributed by atoms with Gasteiger partial charge in [0.15, 0.2) is 0 Å². The molecule has 0 bridgehead atoms. The van der Waals surface area contributed by atoms with Gasteiger partial charge in [-0.2, -0.15) is 0 Å². The topological polar surface area (TPSA) is 49.3 Å². The molecule has 2 N–H and O–H groups in total. The van der Waals surface area contributed by atoms with Gasteiger partial charge >= 0.3 is 5.97 Å². The maximum atomic E-state index is 11.5. The van der Waals surface area contributed by atoms with E-state index in [0.717, 1.165) is 18.4 Å². The largest absolute Gasteiger partial charge is 0.480 e. The Balaban J connectivity index is 2.94. The first-order valence-corrected chi connectivity index (χ1v) is 6.98. The lowest BCUT2D eigenvalue weighted by Crippen LogP contribution is -2.46. The first-order chi connectivity index (χ1) is 8.90. The molecular weight excluding hydrogens is 238 g/mol. The highest BCUT2D eigenvalue weighted by atomic mass is 16.4. The Kier molecular flexibility index (Phi) is 5.55. The first-order valence-electron chi connectivity index (χ1n) is 6.98. The lowest BCUT2D eigenvalue weighted by Gasteiger charge is -2.27. The van der Waals surface area contributed by atoms with E-state index in [1.165, 1.54) is 5.56 Å². The summed E-state index contributed by atoms with van der Waals surface area (Å²) in [7, 11) is 0. The molecule has 0 aliphatic carbocycles. The summed E-state index contributed by atoms with van der Waals surface area (Å²) < 4.78 is 0. The molecule has 0 radical (unpaired) electrons. The fourth-order valence-corrected chi connectivity index (χ4v) is 2.12. The summed E-state index contributed by atoms with van der Waals surface area (Å²) in [6.07, 6.45) is 1.93. The molecule has 0 spiro atoms. The van der Waals surface area contributed by atoms with Crippen LogP contribution < -0.4 is 5.32 Å². The molecule has 3 heteroatoms. The predicted octanol–water partition coefficient (Wildman–Crippen LogP) is 3.18. The zero-order chi connectivity index (χ0) is 14.5. The van der Waals surface area contributed by atoms with Gasteiger partial charge in [0.05, 0.1) is 0 Å². The molecule has 0 aliphatic heterocycles. The number of hydrogen-bond donors (Lipinski definition) is 2. The van der Waals surface area contributed by atoms with Crippen LogP contribution in [0.2, 0.25) is 0 Å². The molecule has 3 nitrogen and oxygen atoms in total. The molecule has 1 atom stereocenters. The minimum Gasteiger partial charge on any atom is -0.480 e. The van der Waals surface area contributed by atoms with E-state index in [9.17, 15) is 9.90 Å². The van der Waals surface area contributed by atoms with Crippen LogP contribution in [0.4, 0.5) is 0 Å². The second kappa shape index (κ2) is 6.71. The van der Waals surface area contributed by atoms with Gasteiger partial charge in [-0.05, 0) is 43.4 Å². The third-order valence-corrected chi connectivity index (χ3v) is 3.33. The zero-order valence-electron chi connectivity index (χ0n) is 12.4. The molecule has 106 valence electrons. The van der Waals surface area contributed by atoms with Gasteiger partial charge < -0.3 is 5.11 Å². The minimum absolute atomic E-state index is 0.606. The van der Waals surface area contributed by atoms with Crippen molar-refractivity contribution in [3.05, 3.63) is 35.4 Å². The Labute approximate surface area is 116 Å². The third kappa shape index (κ3) is 4.06. The average molecular weight is 263 g/mol. The van der Waals surface area contributed by atoms with Crippen molar-refractivity contribution in [3.8, 4) is 0 Å². The summed E-state index contributed by atoms with van der Waals surface area (Å²) in [5, 5.41) is 12.6. The first kappa shape index (κ1) is 15.7. The van der Waals surface area contributed by atoms with Gasteiger partial charge in [-0.15, -0.1) is 0 Å². The van der Waals surface area contributed by atoms with Crippen LogP contribution in [-0.2, 0) is 16.8 Å². The Bertz CT molecular complexity index is 411. The SMILES string of the molecule is CCCNC(C)(C(=O)O)c1ccc(CC(C)C)cc1. The number of hydrogen-bond acceptors (Lipinski definition) is 2. The number of nitrogens with one attached hydrogen (secondary N) is 1. The fourth-order valence-electron chi connectivity index (χ4n) is 2.12. The molecule has 19 heavy (non-hydrogen) atoms. The Morgan fingerprint density at radius 1 is 1.32 bits per heavy atom. The van der Waals surface area contributed by atoms with Crippen molar-refractivity contribution in [2.75, 3.05) is 6.54 Å². The quantitative estimate of drug-likeness (QED) is 0.794. The second-order valence-corrected chi connectivity index (χ2v) is 5.65. The van der Waals surface area contributed by atoms with Crippen LogP contribution in [0.3, 0.4) is 0 Å². The van der Waals surface area contributed by atoms with Crippen LogP contribution in [0.15, 0.2) is 24.3 Å². The monoisotopic (exact) mass is 263 g/mol. The van der Waals surface area contributed by atoms with E-state index in [1.54, 1.807) is 6.92 Å². The average Bonchev–Trinajstić information content (AvgIpc) is 2.35. The van der Waals surface area contributed by atoms with E-state index in [-0.39, 0.29) is 0 Å². The molecule has 0 saturated heterocycles. The standard InChI is InChI=1S/C16H25NO2/c1-5-10-17-16(4,15(18)19)14-8-6-13(7-9-14)11-12(2)3/h6-9,12,17H,5,10-11H2,1-4H3,(H,18,19). The third-order valence-electron chi connectivity index (χ3n) is 3.33. The Hall–Kier alpha value is -1.35. The fraction of sp³-hybridized carbons (Fsp3) is 0.562. The van der Waals surface area contributed by atoms with Crippen LogP contribution in [0.1, 0.15) is 45.2 Å². The van der Waals surface area contributed by atoms with Crippen molar-refractivity contribution < 1.29 is 9.90 Å². The predicted molar refractivity (Wildman–Crippen MR) is 78.3 cm³/mol. The highest BCUT2D eigenvalue weighted by Crippen LogP contribution is 2.22. The molecule has 1 aromatic rings. The van der Waals surface area contributed by atoms with Crippen molar-refractivity contribution >= 4 is 5.97 Å². The summed E-state index contributed by atoms with van der Waals surface area (Å²) in [5.41, 5.74) is 1.05. The molecule has 0 heterocycles. The molecule has 1 rings (SSSR count). The smallest absolute Gasteiger partial charge is 0.328 e. The van der Waals surface area contributed by atoms with Gasteiger partial charge in [0.2, 0.25) is 0 Å². The van der Waals surface area contributed by atoms with Crippen LogP contribution in [0.5, 0.6) is 0 Å². The highest BCUT2D eigenvalue weighted by Gasteiger charge is 2.34. The lowest BCUT2D eigenvalue weighted by molar-refractivity contribution is -0.144. The number of aliphatic carboxylic acids is 1. The van der Waals surface area contributed by atoms with E-state index in [2.05, 4.69) is 19.2 Å². The number of carbonyl (C=O) groups is 1. The van der Waals surface area contributed by atoms with E-state index in [4.69, 9.17) is 0 Å². The molecule has 0 amide bonds. The van der Waals surface area contributed by atoms with Crippen LogP contribution in [0.25, 0.3) is 0 Å². The number of rotatable bonds is 7. The molecule has 0 fully saturated rings. The van der Waals surface area contributed by atoms with Crippen molar-refractivity contribution in [2.24, 2.45) is 5.92 Å². The van der Waals surface area contributed by atoms with E-state index in [0.29, 0.717) is 12.5 Å². The second-order valence-electron chi connectivity index (χ2n) is 5.65. The van der Waals surface area contributed by atoms with E-state index in [1.807, 2.05) is 31.2 Å². The van der Waals surface area contributed by atoms with Gasteiger partial charge in [-0.1, -0.05) is 45.0 Å². The molecule has 0 saturated carbocycles. The van der Waals surface area contributed by atoms with Crippen molar-refractivity contribution in [3.63, 3.8) is 0 Å². The number of benzene rings is 1. The number of carboxylic acid groups (broad SMARTS) is 1. The Morgan fingerprint density at radius 3 is 2.32 bits per heavy atom. The maximum absolute atomic E-state index is 11.5. The molecule has 1 aromatic carbocycles. The summed E-state index contributed by atoms with van der Waals surface area (Å²) >= 11 is 0. The highest BCUT2D eigenvalue weighted by molar-refractivity contribution is 5.80. The maximum Gasteiger partial charge on any atom is 0.328 e. The van der Waals surface area contributed by atoms with Gasteiger partial charge in [0.1, 0.15) is 5.54 Å². The molecule has 0 aromatic heterocycles. The van der Waals surface area contributed by atoms with E-state index < -0.39 is 11.5 Å². The van der Waals surface area contributed by atoms with Crippen LogP contribution in [0, 0.1) is 5.92 Å². The van der Waals surface area contributed by atoms with Gasteiger partial charge in [0, 0.05) is 0 Å². The normalized spacial score (nSPS) is 14.4. The molecule has 1 unspecified atom stereocenters. The van der Waals surface area contributed by atoms with Crippen LogP contribution in [-0.4, -0.2) is 17.6 Å². The summed E-state index contributed by atoms with van der Waals surface area (Å²) in [5.74, 6) is -0.229. The van der Waals surface area contributed by atoms with Gasteiger partial charge in [-0.25, -0.2) is 4.79 Å².